The second-order valence-electron chi connectivity index (χ2n) is 4.21. The van der Waals surface area contributed by atoms with Crippen LogP contribution in [-0.4, -0.2) is 4.57 Å². The van der Waals surface area contributed by atoms with Crippen molar-refractivity contribution >= 4 is 26.8 Å². The van der Waals surface area contributed by atoms with E-state index in [4.69, 9.17) is 4.42 Å². The van der Waals surface area contributed by atoms with Gasteiger partial charge in [-0.3, -0.25) is 0 Å². The minimum absolute atomic E-state index is 0.762. The monoisotopic (exact) mass is 289 g/mol. The standard InChI is InChI=1S/C14H12BrNO/c1-10-2-3-11-6-7-16(13(11)8-10)9-12-4-5-14(15)17-12/h2-8H,9H2,1H3. The number of rotatable bonds is 2. The number of hydrogen-bond donors (Lipinski definition) is 0. The quantitative estimate of drug-likeness (QED) is 0.686. The molecular weight excluding hydrogens is 278 g/mol. The lowest BCUT2D eigenvalue weighted by atomic mass is 10.2. The third-order valence-electron chi connectivity index (χ3n) is 2.88. The van der Waals surface area contributed by atoms with Crippen LogP contribution in [-0.2, 0) is 6.54 Å². The summed E-state index contributed by atoms with van der Waals surface area (Å²) in [7, 11) is 0. The minimum Gasteiger partial charge on any atom is -0.452 e. The largest absolute Gasteiger partial charge is 0.452 e. The Bertz CT molecular complexity index is 666. The number of nitrogens with zero attached hydrogens (tertiary/aromatic N) is 1. The zero-order valence-electron chi connectivity index (χ0n) is 9.48. The molecular formula is C14H12BrNO. The Labute approximate surface area is 108 Å². The van der Waals surface area contributed by atoms with E-state index >= 15 is 0 Å². The summed E-state index contributed by atoms with van der Waals surface area (Å²) in [6.45, 7) is 2.87. The van der Waals surface area contributed by atoms with Crippen LogP contribution in [0.25, 0.3) is 10.9 Å². The molecule has 86 valence electrons. The van der Waals surface area contributed by atoms with Crippen LogP contribution in [0.4, 0.5) is 0 Å². The Morgan fingerprint density at radius 1 is 1.18 bits per heavy atom. The Balaban J connectivity index is 2.03. The van der Waals surface area contributed by atoms with Crippen molar-refractivity contribution in [3.63, 3.8) is 0 Å². The first-order valence-electron chi connectivity index (χ1n) is 5.52. The summed E-state index contributed by atoms with van der Waals surface area (Å²) in [5.41, 5.74) is 2.52. The number of aryl methyl sites for hydroxylation is 1. The van der Waals surface area contributed by atoms with Gasteiger partial charge in [-0.25, -0.2) is 0 Å². The summed E-state index contributed by atoms with van der Waals surface area (Å²) in [6.07, 6.45) is 2.10. The molecule has 0 aliphatic carbocycles. The Kier molecular flexibility index (Phi) is 2.56. The van der Waals surface area contributed by atoms with Crippen molar-refractivity contribution in [2.45, 2.75) is 13.5 Å². The summed E-state index contributed by atoms with van der Waals surface area (Å²) in [6, 6.07) is 12.5. The van der Waals surface area contributed by atoms with Crippen molar-refractivity contribution in [2.75, 3.05) is 0 Å². The minimum atomic E-state index is 0.762. The van der Waals surface area contributed by atoms with Gasteiger partial charge in [0.2, 0.25) is 0 Å². The van der Waals surface area contributed by atoms with Crippen molar-refractivity contribution in [3.05, 3.63) is 58.6 Å². The Hall–Kier alpha value is -1.48. The average Bonchev–Trinajstić information content (AvgIpc) is 2.87. The molecule has 0 bridgehead atoms. The highest BCUT2D eigenvalue weighted by atomic mass is 79.9. The fraction of sp³-hybridized carbons (Fsp3) is 0.143. The van der Waals surface area contributed by atoms with Gasteiger partial charge in [0.15, 0.2) is 4.67 Å². The molecule has 1 aromatic carbocycles. The molecule has 2 aromatic heterocycles. The molecule has 2 nitrogen and oxygen atoms in total. The van der Waals surface area contributed by atoms with Gasteiger partial charge < -0.3 is 8.98 Å². The summed E-state index contributed by atoms with van der Waals surface area (Å²) in [5, 5.41) is 1.27. The van der Waals surface area contributed by atoms with Crippen LogP contribution in [0.5, 0.6) is 0 Å². The molecule has 0 unspecified atom stereocenters. The van der Waals surface area contributed by atoms with Crippen molar-refractivity contribution < 1.29 is 4.42 Å². The molecule has 3 heteroatoms. The molecule has 0 spiro atoms. The van der Waals surface area contributed by atoms with Gasteiger partial charge in [0.1, 0.15) is 5.76 Å². The molecule has 0 atom stereocenters. The maximum absolute atomic E-state index is 5.53. The van der Waals surface area contributed by atoms with Crippen LogP contribution in [0.3, 0.4) is 0 Å². The van der Waals surface area contributed by atoms with Gasteiger partial charge in [-0.1, -0.05) is 12.1 Å². The SMILES string of the molecule is Cc1ccc2ccn(Cc3ccc(Br)o3)c2c1. The summed E-state index contributed by atoms with van der Waals surface area (Å²) in [5.74, 6) is 0.955. The first kappa shape index (κ1) is 10.7. The van der Waals surface area contributed by atoms with Gasteiger partial charge in [0.25, 0.3) is 0 Å². The van der Waals surface area contributed by atoms with Crippen molar-refractivity contribution in [1.82, 2.24) is 4.57 Å². The highest BCUT2D eigenvalue weighted by molar-refractivity contribution is 9.10. The number of benzene rings is 1. The number of halogens is 1. The van der Waals surface area contributed by atoms with Gasteiger partial charge in [0, 0.05) is 11.7 Å². The van der Waals surface area contributed by atoms with Crippen LogP contribution in [0, 0.1) is 6.92 Å². The third-order valence-corrected chi connectivity index (χ3v) is 3.31. The van der Waals surface area contributed by atoms with Gasteiger partial charge in [-0.2, -0.15) is 0 Å². The predicted molar refractivity (Wildman–Crippen MR) is 72.2 cm³/mol. The molecule has 2 heterocycles. The Morgan fingerprint density at radius 3 is 2.82 bits per heavy atom. The van der Waals surface area contributed by atoms with Gasteiger partial charge >= 0.3 is 0 Å². The van der Waals surface area contributed by atoms with Gasteiger partial charge in [-0.15, -0.1) is 0 Å². The lowest BCUT2D eigenvalue weighted by Crippen LogP contribution is -1.96. The Morgan fingerprint density at radius 2 is 2.06 bits per heavy atom. The molecule has 0 saturated heterocycles. The predicted octanol–water partition coefficient (Wildman–Crippen LogP) is 4.35. The number of furan rings is 1. The second kappa shape index (κ2) is 4.08. The fourth-order valence-corrected chi connectivity index (χ4v) is 2.38. The zero-order valence-corrected chi connectivity index (χ0v) is 11.1. The van der Waals surface area contributed by atoms with Crippen LogP contribution in [0.1, 0.15) is 11.3 Å². The van der Waals surface area contributed by atoms with E-state index in [-0.39, 0.29) is 0 Å². The topological polar surface area (TPSA) is 18.1 Å². The number of aromatic nitrogens is 1. The fourth-order valence-electron chi connectivity index (χ4n) is 2.04. The summed E-state index contributed by atoms with van der Waals surface area (Å²) < 4.78 is 8.51. The molecule has 3 aromatic rings. The molecule has 17 heavy (non-hydrogen) atoms. The van der Waals surface area contributed by atoms with E-state index in [9.17, 15) is 0 Å². The molecule has 0 aliphatic rings. The number of hydrogen-bond acceptors (Lipinski definition) is 1. The van der Waals surface area contributed by atoms with Crippen molar-refractivity contribution in [1.29, 1.82) is 0 Å². The van der Waals surface area contributed by atoms with Gasteiger partial charge in [-0.05, 0) is 58.1 Å². The second-order valence-corrected chi connectivity index (χ2v) is 4.99. The number of fused-ring (bicyclic) bond motifs is 1. The molecule has 3 rings (SSSR count). The van der Waals surface area contributed by atoms with E-state index in [2.05, 4.69) is 57.9 Å². The molecule has 0 fully saturated rings. The van der Waals surface area contributed by atoms with E-state index in [1.807, 2.05) is 12.1 Å². The van der Waals surface area contributed by atoms with E-state index in [1.54, 1.807) is 0 Å². The van der Waals surface area contributed by atoms with E-state index in [1.165, 1.54) is 16.5 Å². The maximum atomic E-state index is 5.53. The molecule has 0 aliphatic heterocycles. The van der Waals surface area contributed by atoms with Crippen LogP contribution >= 0.6 is 15.9 Å². The highest BCUT2D eigenvalue weighted by Crippen LogP contribution is 2.20. The van der Waals surface area contributed by atoms with Crippen molar-refractivity contribution in [3.8, 4) is 0 Å². The summed E-state index contributed by atoms with van der Waals surface area (Å²) in [4.78, 5) is 0. The smallest absolute Gasteiger partial charge is 0.169 e. The first-order chi connectivity index (χ1) is 8.22. The van der Waals surface area contributed by atoms with E-state index in [0.717, 1.165) is 17.0 Å². The lowest BCUT2D eigenvalue weighted by Gasteiger charge is -2.03. The van der Waals surface area contributed by atoms with E-state index in [0.29, 0.717) is 0 Å². The highest BCUT2D eigenvalue weighted by Gasteiger charge is 2.04. The van der Waals surface area contributed by atoms with Gasteiger partial charge in [0.05, 0.1) is 6.54 Å². The average molecular weight is 290 g/mol. The van der Waals surface area contributed by atoms with Crippen LogP contribution < -0.4 is 0 Å². The lowest BCUT2D eigenvalue weighted by molar-refractivity contribution is 0.477. The summed E-state index contributed by atoms with van der Waals surface area (Å²) >= 11 is 3.32. The molecule has 0 amide bonds. The zero-order chi connectivity index (χ0) is 11.8. The first-order valence-corrected chi connectivity index (χ1v) is 6.31. The molecule has 0 saturated carbocycles. The molecule has 0 N–H and O–H groups in total. The normalized spacial score (nSPS) is 11.2. The maximum Gasteiger partial charge on any atom is 0.169 e. The van der Waals surface area contributed by atoms with Crippen LogP contribution in [0.15, 0.2) is 51.7 Å². The van der Waals surface area contributed by atoms with Crippen molar-refractivity contribution in [2.24, 2.45) is 0 Å². The molecule has 0 radical (unpaired) electrons. The van der Waals surface area contributed by atoms with E-state index < -0.39 is 0 Å². The van der Waals surface area contributed by atoms with Crippen LogP contribution in [0.2, 0.25) is 0 Å². The third kappa shape index (κ3) is 2.03.